The number of rotatable bonds is 10. The van der Waals surface area contributed by atoms with Crippen molar-refractivity contribution < 1.29 is 0 Å². The van der Waals surface area contributed by atoms with E-state index in [-0.39, 0.29) is 0 Å². The zero-order valence-electron chi connectivity index (χ0n) is 31.0. The molecule has 4 N–H and O–H groups in total. The van der Waals surface area contributed by atoms with Gasteiger partial charge in [-0.25, -0.2) is 0 Å². The van der Waals surface area contributed by atoms with Crippen LogP contribution in [0.2, 0.25) is 0 Å². The summed E-state index contributed by atoms with van der Waals surface area (Å²) in [6.45, 7) is 8.90. The summed E-state index contributed by atoms with van der Waals surface area (Å²) < 4.78 is 0. The number of nitrogens with one attached hydrogen (secondary N) is 2. The van der Waals surface area contributed by atoms with Crippen molar-refractivity contribution in [1.29, 1.82) is 0 Å². The smallest absolute Gasteiger partial charge is 0.0406 e. The Morgan fingerprint density at radius 3 is 2.63 bits per heavy atom. The molecule has 1 fully saturated rings. The minimum Gasteiger partial charge on any atom is -0.387 e. The van der Waals surface area contributed by atoms with E-state index in [2.05, 4.69) is 103 Å². The van der Waals surface area contributed by atoms with Crippen LogP contribution in [-0.2, 0) is 0 Å². The summed E-state index contributed by atoms with van der Waals surface area (Å²) in [6.07, 6.45) is 49.1. The largest absolute Gasteiger partial charge is 0.387 e. The van der Waals surface area contributed by atoms with Crippen LogP contribution in [-0.4, -0.2) is 19.6 Å². The molecule has 0 aromatic rings. The summed E-state index contributed by atoms with van der Waals surface area (Å²) in [7, 11) is 0. The molecule has 1 saturated carbocycles. The normalized spacial score (nSPS) is 27.2. The van der Waals surface area contributed by atoms with Crippen LogP contribution < -0.4 is 16.4 Å². The number of dihydropyridines is 1. The van der Waals surface area contributed by atoms with Crippen LogP contribution in [0, 0.1) is 11.8 Å². The van der Waals surface area contributed by atoms with Crippen LogP contribution in [0.3, 0.4) is 0 Å². The molecule has 1 heterocycles. The van der Waals surface area contributed by atoms with Crippen molar-refractivity contribution in [2.75, 3.05) is 19.6 Å². The van der Waals surface area contributed by atoms with Crippen molar-refractivity contribution in [2.24, 2.45) is 17.6 Å². The highest BCUT2D eigenvalue weighted by molar-refractivity contribution is 5.55. The van der Waals surface area contributed by atoms with Gasteiger partial charge in [-0.05, 0) is 171 Å². The fourth-order valence-electron chi connectivity index (χ4n) is 9.43. The van der Waals surface area contributed by atoms with E-state index in [0.29, 0.717) is 18.4 Å². The molecule has 6 aliphatic carbocycles. The van der Waals surface area contributed by atoms with Gasteiger partial charge in [-0.15, -0.1) is 0 Å². The Labute approximate surface area is 308 Å². The van der Waals surface area contributed by atoms with Gasteiger partial charge >= 0.3 is 0 Å². The Bertz CT molecular complexity index is 1790. The molecule has 3 heteroatoms. The minimum atomic E-state index is 0.431. The van der Waals surface area contributed by atoms with Crippen LogP contribution >= 0.6 is 0 Å². The van der Waals surface area contributed by atoms with E-state index >= 15 is 0 Å². The van der Waals surface area contributed by atoms with Crippen LogP contribution in [0.4, 0.5) is 0 Å². The van der Waals surface area contributed by atoms with Crippen LogP contribution in [0.25, 0.3) is 0 Å². The molecule has 0 spiro atoms. The van der Waals surface area contributed by atoms with Gasteiger partial charge in [-0.1, -0.05) is 90.6 Å². The predicted molar refractivity (Wildman–Crippen MR) is 218 cm³/mol. The van der Waals surface area contributed by atoms with E-state index < -0.39 is 0 Å². The highest BCUT2D eigenvalue weighted by Crippen LogP contribution is 2.43. The molecule has 7 rings (SSSR count). The molecule has 7 aliphatic rings. The van der Waals surface area contributed by atoms with Crippen molar-refractivity contribution in [3.63, 3.8) is 0 Å². The van der Waals surface area contributed by atoms with Crippen LogP contribution in [0.1, 0.15) is 96.8 Å². The van der Waals surface area contributed by atoms with Gasteiger partial charge in [-0.3, -0.25) is 0 Å². The lowest BCUT2D eigenvalue weighted by Crippen LogP contribution is -2.24. The molecule has 0 saturated heterocycles. The Kier molecular flexibility index (Phi) is 11.7. The summed E-state index contributed by atoms with van der Waals surface area (Å²) in [5, 5.41) is 7.39. The molecule has 1 aliphatic heterocycles. The van der Waals surface area contributed by atoms with E-state index in [1.54, 1.807) is 33.4 Å². The highest BCUT2D eigenvalue weighted by Gasteiger charge is 2.28. The average Bonchev–Trinajstić information content (AvgIpc) is 3.20. The molecule has 0 aromatic heterocycles. The zero-order chi connectivity index (χ0) is 35.0. The molecule has 266 valence electrons. The second kappa shape index (κ2) is 17.0. The molecular weight excluding hydrogens is 619 g/mol. The average molecular weight is 678 g/mol. The fourth-order valence-corrected chi connectivity index (χ4v) is 9.43. The van der Waals surface area contributed by atoms with Gasteiger partial charge in [0.15, 0.2) is 0 Å². The monoisotopic (exact) mass is 677 g/mol. The lowest BCUT2D eigenvalue weighted by Gasteiger charge is -2.32. The second-order valence-corrected chi connectivity index (χ2v) is 15.3. The Morgan fingerprint density at radius 1 is 0.961 bits per heavy atom. The first kappa shape index (κ1) is 35.3. The SMILES string of the molecule is C=C/C(=C\CN)C1=CCCC(C2=CCC(/C(C)=C3\CCCC\C3=C(\CNC3=CCCC4=C3C=CCC4)C3=CC=CC(C4=CCNC=C4)C3)CC2)=C1. The van der Waals surface area contributed by atoms with E-state index in [0.717, 1.165) is 50.8 Å². The topological polar surface area (TPSA) is 50.1 Å². The number of hydrogen-bond acceptors (Lipinski definition) is 3. The number of hydrogen-bond donors (Lipinski definition) is 3. The molecule has 3 nitrogen and oxygen atoms in total. The van der Waals surface area contributed by atoms with Crippen molar-refractivity contribution in [3.8, 4) is 0 Å². The summed E-state index contributed by atoms with van der Waals surface area (Å²) in [6, 6.07) is 0. The molecule has 2 unspecified atom stereocenters. The third-order valence-corrected chi connectivity index (χ3v) is 12.3. The third kappa shape index (κ3) is 8.20. The number of nitrogens with two attached hydrogens (primary N) is 1. The molecule has 0 radical (unpaired) electrons. The van der Waals surface area contributed by atoms with Crippen molar-refractivity contribution in [3.05, 3.63) is 164 Å². The van der Waals surface area contributed by atoms with Crippen LogP contribution in [0.5, 0.6) is 0 Å². The lowest BCUT2D eigenvalue weighted by atomic mass is 9.74. The molecule has 0 aromatic carbocycles. The maximum absolute atomic E-state index is 5.86. The van der Waals surface area contributed by atoms with Crippen molar-refractivity contribution in [1.82, 2.24) is 10.6 Å². The number of allylic oxidation sites excluding steroid dienone is 20. The summed E-state index contributed by atoms with van der Waals surface area (Å²) in [4.78, 5) is 0. The summed E-state index contributed by atoms with van der Waals surface area (Å²) >= 11 is 0. The first-order valence-electron chi connectivity index (χ1n) is 20.0. The van der Waals surface area contributed by atoms with E-state index in [1.807, 2.05) is 6.08 Å². The lowest BCUT2D eigenvalue weighted by molar-refractivity contribution is 0.526. The van der Waals surface area contributed by atoms with Gasteiger partial charge in [0.1, 0.15) is 0 Å². The Hall–Kier alpha value is -4.08. The third-order valence-electron chi connectivity index (χ3n) is 12.3. The summed E-state index contributed by atoms with van der Waals surface area (Å²) in [5.41, 5.74) is 25.4. The standard InChI is InChI=1S/C48H59N3/c1-3-35(25-28-49)40-13-8-14-41(31-40)37-23-21-36(22-24-37)34(2)44-17-6-7-19-46(44)47(33-51-48-20-10-12-39-11-4-5-18-45(39)48)43-16-9-15-42(32-43)38-26-29-50-30-27-38/h3,5,9,13,15-16,18,20,23,25-27,29,31,36,42,50-51H,1,4,6-8,10-12,14,17,19,21-22,24,28,30,32-33,49H2,2H3/b35-25+,44-34+,47-46+. The molecular formula is C48H59N3. The molecule has 0 amide bonds. The first-order valence-corrected chi connectivity index (χ1v) is 20.0. The van der Waals surface area contributed by atoms with E-state index in [1.165, 1.54) is 91.3 Å². The zero-order valence-corrected chi connectivity index (χ0v) is 31.0. The van der Waals surface area contributed by atoms with E-state index in [4.69, 9.17) is 5.73 Å². The maximum atomic E-state index is 5.86. The van der Waals surface area contributed by atoms with Gasteiger partial charge in [0.25, 0.3) is 0 Å². The predicted octanol–water partition coefficient (Wildman–Crippen LogP) is 11.1. The van der Waals surface area contributed by atoms with Crippen LogP contribution in [0.15, 0.2) is 164 Å². The van der Waals surface area contributed by atoms with Crippen molar-refractivity contribution in [2.45, 2.75) is 96.8 Å². The Balaban J connectivity index is 1.18. The minimum absolute atomic E-state index is 0.431. The first-order chi connectivity index (χ1) is 25.1. The van der Waals surface area contributed by atoms with Crippen molar-refractivity contribution >= 4 is 0 Å². The molecule has 2 atom stereocenters. The maximum Gasteiger partial charge on any atom is 0.0406 e. The Morgan fingerprint density at radius 2 is 1.82 bits per heavy atom. The quantitative estimate of drug-likeness (QED) is 0.202. The van der Waals surface area contributed by atoms with Gasteiger partial charge in [0.2, 0.25) is 0 Å². The summed E-state index contributed by atoms with van der Waals surface area (Å²) in [5.74, 6) is 1.05. The van der Waals surface area contributed by atoms with Gasteiger partial charge in [0, 0.05) is 31.2 Å². The van der Waals surface area contributed by atoms with Gasteiger partial charge in [-0.2, -0.15) is 0 Å². The molecule has 51 heavy (non-hydrogen) atoms. The van der Waals surface area contributed by atoms with E-state index in [9.17, 15) is 0 Å². The fraction of sp³-hybridized carbons (Fsp3) is 0.417. The highest BCUT2D eigenvalue weighted by atomic mass is 14.9. The molecule has 0 bridgehead atoms. The second-order valence-electron chi connectivity index (χ2n) is 15.3. The van der Waals surface area contributed by atoms with Gasteiger partial charge in [0.05, 0.1) is 0 Å². The van der Waals surface area contributed by atoms with Gasteiger partial charge < -0.3 is 16.4 Å².